The molecule has 2 heterocycles. The van der Waals surface area contributed by atoms with Crippen molar-refractivity contribution >= 4 is 28.2 Å². The number of nitrogens with two attached hydrogens (primary N) is 1. The monoisotopic (exact) mass is 414 g/mol. The Morgan fingerprint density at radius 1 is 1.10 bits per heavy atom. The first-order valence-electron chi connectivity index (χ1n) is 10.5. The lowest BCUT2D eigenvalue weighted by atomic mass is 10.0. The standard InChI is InChI=1S/C25H30N6/c1-16-14-18(11-13-30(3)4)20(26)15-22(16)29-25-27-12-10-21(28-25)24-17(2)31(5)23-9-7-6-8-19(23)24/h6-10,12,14-15H,11,13,26H2,1-5H3,(H,27,28,29). The summed E-state index contributed by atoms with van der Waals surface area (Å²) in [6, 6.07) is 14.5. The van der Waals surface area contributed by atoms with Crippen LogP contribution in [0.15, 0.2) is 48.7 Å². The highest BCUT2D eigenvalue weighted by atomic mass is 15.1. The van der Waals surface area contributed by atoms with Crippen LogP contribution < -0.4 is 11.1 Å². The number of rotatable bonds is 6. The van der Waals surface area contributed by atoms with E-state index in [1.807, 2.05) is 12.1 Å². The van der Waals surface area contributed by atoms with Gasteiger partial charge in [-0.1, -0.05) is 24.3 Å². The second kappa shape index (κ2) is 8.40. The smallest absolute Gasteiger partial charge is 0.227 e. The number of anilines is 3. The summed E-state index contributed by atoms with van der Waals surface area (Å²) < 4.78 is 2.21. The molecule has 31 heavy (non-hydrogen) atoms. The van der Waals surface area contributed by atoms with Crippen molar-refractivity contribution in [1.82, 2.24) is 19.4 Å². The summed E-state index contributed by atoms with van der Waals surface area (Å²) in [5.41, 5.74) is 14.8. The third-order valence-corrected chi connectivity index (χ3v) is 5.87. The van der Waals surface area contributed by atoms with E-state index < -0.39 is 0 Å². The normalized spacial score (nSPS) is 11.4. The third kappa shape index (κ3) is 4.11. The van der Waals surface area contributed by atoms with Gasteiger partial charge in [0, 0.05) is 53.3 Å². The molecule has 160 valence electrons. The van der Waals surface area contributed by atoms with Gasteiger partial charge >= 0.3 is 0 Å². The van der Waals surface area contributed by atoms with Gasteiger partial charge in [-0.25, -0.2) is 9.97 Å². The minimum absolute atomic E-state index is 0.563. The van der Waals surface area contributed by atoms with Crippen LogP contribution in [0.4, 0.5) is 17.3 Å². The molecule has 0 unspecified atom stereocenters. The van der Waals surface area contributed by atoms with E-state index in [2.05, 4.69) is 85.1 Å². The lowest BCUT2D eigenvalue weighted by Gasteiger charge is -2.15. The van der Waals surface area contributed by atoms with Crippen molar-refractivity contribution in [3.8, 4) is 11.3 Å². The molecule has 6 heteroatoms. The Morgan fingerprint density at radius 2 is 1.87 bits per heavy atom. The molecule has 0 radical (unpaired) electrons. The zero-order valence-corrected chi connectivity index (χ0v) is 18.9. The van der Waals surface area contributed by atoms with Gasteiger partial charge in [-0.3, -0.25) is 0 Å². The SMILES string of the molecule is Cc1cc(CCN(C)C)c(N)cc1Nc1nccc(-c2c(C)n(C)c3ccccc23)n1. The summed E-state index contributed by atoms with van der Waals surface area (Å²) in [4.78, 5) is 11.4. The van der Waals surface area contributed by atoms with Crippen molar-refractivity contribution in [2.45, 2.75) is 20.3 Å². The number of nitrogens with zero attached hydrogens (tertiary/aromatic N) is 4. The number of benzene rings is 2. The van der Waals surface area contributed by atoms with E-state index in [4.69, 9.17) is 10.7 Å². The number of nitrogens with one attached hydrogen (secondary N) is 1. The van der Waals surface area contributed by atoms with Crippen LogP contribution in [0.5, 0.6) is 0 Å². The molecule has 4 aromatic rings. The fourth-order valence-corrected chi connectivity index (χ4v) is 4.00. The lowest BCUT2D eigenvalue weighted by molar-refractivity contribution is 0.414. The number of aromatic nitrogens is 3. The van der Waals surface area contributed by atoms with Crippen molar-refractivity contribution in [3.63, 3.8) is 0 Å². The number of aryl methyl sites for hydroxylation is 2. The summed E-state index contributed by atoms with van der Waals surface area (Å²) in [7, 11) is 6.23. The zero-order valence-electron chi connectivity index (χ0n) is 18.9. The number of nitrogen functional groups attached to an aromatic ring is 1. The summed E-state index contributed by atoms with van der Waals surface area (Å²) in [5, 5.41) is 4.56. The van der Waals surface area contributed by atoms with Crippen molar-refractivity contribution in [2.75, 3.05) is 31.7 Å². The first-order chi connectivity index (χ1) is 14.8. The van der Waals surface area contributed by atoms with Gasteiger partial charge in [0.1, 0.15) is 0 Å². The average Bonchev–Trinajstić information content (AvgIpc) is 3.00. The van der Waals surface area contributed by atoms with E-state index in [1.54, 1.807) is 6.20 Å². The van der Waals surface area contributed by atoms with E-state index in [9.17, 15) is 0 Å². The Hall–Kier alpha value is -3.38. The van der Waals surface area contributed by atoms with Crippen molar-refractivity contribution in [3.05, 3.63) is 65.5 Å². The predicted molar refractivity (Wildman–Crippen MR) is 130 cm³/mol. The lowest BCUT2D eigenvalue weighted by Crippen LogP contribution is -2.16. The third-order valence-electron chi connectivity index (χ3n) is 5.87. The van der Waals surface area contributed by atoms with Crippen LogP contribution >= 0.6 is 0 Å². The number of fused-ring (bicyclic) bond motifs is 1. The molecule has 0 saturated heterocycles. The maximum absolute atomic E-state index is 6.33. The molecule has 0 fully saturated rings. The molecule has 0 spiro atoms. The maximum Gasteiger partial charge on any atom is 0.227 e. The molecule has 3 N–H and O–H groups in total. The van der Waals surface area contributed by atoms with E-state index in [0.29, 0.717) is 5.95 Å². The highest BCUT2D eigenvalue weighted by Gasteiger charge is 2.15. The fraction of sp³-hybridized carbons (Fsp3) is 0.280. The minimum Gasteiger partial charge on any atom is -0.398 e. The van der Waals surface area contributed by atoms with Crippen molar-refractivity contribution in [2.24, 2.45) is 7.05 Å². The summed E-state index contributed by atoms with van der Waals surface area (Å²) in [6.45, 7) is 5.17. The number of hydrogen-bond donors (Lipinski definition) is 2. The highest BCUT2D eigenvalue weighted by molar-refractivity contribution is 5.97. The highest BCUT2D eigenvalue weighted by Crippen LogP contribution is 2.33. The van der Waals surface area contributed by atoms with E-state index >= 15 is 0 Å². The van der Waals surface area contributed by atoms with E-state index in [0.717, 1.165) is 46.7 Å². The maximum atomic E-state index is 6.33. The molecule has 0 aliphatic heterocycles. The number of hydrogen-bond acceptors (Lipinski definition) is 5. The summed E-state index contributed by atoms with van der Waals surface area (Å²) >= 11 is 0. The van der Waals surface area contributed by atoms with Gasteiger partial charge < -0.3 is 20.5 Å². The molecule has 2 aromatic heterocycles. The molecule has 2 aromatic carbocycles. The fourth-order valence-electron chi connectivity index (χ4n) is 4.00. The molecule has 0 aliphatic rings. The second-order valence-corrected chi connectivity index (χ2v) is 8.35. The Kier molecular flexibility index (Phi) is 5.65. The topological polar surface area (TPSA) is 72.0 Å². The molecule has 0 saturated carbocycles. The van der Waals surface area contributed by atoms with Gasteiger partial charge in [-0.15, -0.1) is 0 Å². The number of para-hydroxylation sites is 1. The van der Waals surface area contributed by atoms with Gasteiger partial charge in [0.2, 0.25) is 5.95 Å². The van der Waals surface area contributed by atoms with Crippen molar-refractivity contribution in [1.29, 1.82) is 0 Å². The zero-order chi connectivity index (χ0) is 22.1. The average molecular weight is 415 g/mol. The van der Waals surface area contributed by atoms with Crippen molar-refractivity contribution < 1.29 is 0 Å². The summed E-state index contributed by atoms with van der Waals surface area (Å²) in [5.74, 6) is 0.563. The number of likely N-dealkylation sites (N-methyl/N-ethyl adjacent to an activating group) is 1. The first-order valence-corrected chi connectivity index (χ1v) is 10.5. The van der Waals surface area contributed by atoms with Crippen LogP contribution in [0.25, 0.3) is 22.2 Å². The van der Waals surface area contributed by atoms with Crippen LogP contribution in [-0.2, 0) is 13.5 Å². The van der Waals surface area contributed by atoms with Crippen LogP contribution in [0.3, 0.4) is 0 Å². The summed E-state index contributed by atoms with van der Waals surface area (Å²) in [6.07, 6.45) is 2.72. The van der Waals surface area contributed by atoms with Crippen LogP contribution in [0.1, 0.15) is 16.8 Å². The van der Waals surface area contributed by atoms with Gasteiger partial charge in [0.05, 0.1) is 5.69 Å². The quantitative estimate of drug-likeness (QED) is 0.448. The van der Waals surface area contributed by atoms with Gasteiger partial charge in [0.15, 0.2) is 0 Å². The largest absolute Gasteiger partial charge is 0.398 e. The Morgan fingerprint density at radius 3 is 2.65 bits per heavy atom. The van der Waals surface area contributed by atoms with Gasteiger partial charge in [0.25, 0.3) is 0 Å². The second-order valence-electron chi connectivity index (χ2n) is 8.35. The van der Waals surface area contributed by atoms with Gasteiger partial charge in [-0.05, 0) is 63.7 Å². The Bertz CT molecular complexity index is 1240. The van der Waals surface area contributed by atoms with Crippen LogP contribution in [0.2, 0.25) is 0 Å². The van der Waals surface area contributed by atoms with E-state index in [1.165, 1.54) is 16.6 Å². The first kappa shape index (κ1) is 20.9. The van der Waals surface area contributed by atoms with E-state index in [-0.39, 0.29) is 0 Å². The van der Waals surface area contributed by atoms with Crippen LogP contribution in [0, 0.1) is 13.8 Å². The van der Waals surface area contributed by atoms with Crippen LogP contribution in [-0.4, -0.2) is 40.1 Å². The molecular weight excluding hydrogens is 384 g/mol. The molecular formula is C25H30N6. The predicted octanol–water partition coefficient (Wildman–Crippen LogP) is 4.68. The Balaban J connectivity index is 1.67. The van der Waals surface area contributed by atoms with Gasteiger partial charge in [-0.2, -0.15) is 0 Å². The Labute approximate surface area is 183 Å². The molecule has 4 rings (SSSR count). The molecule has 0 atom stereocenters. The molecule has 0 aliphatic carbocycles. The minimum atomic E-state index is 0.563. The molecule has 0 amide bonds. The molecule has 0 bridgehead atoms. The molecule has 6 nitrogen and oxygen atoms in total.